The summed E-state index contributed by atoms with van der Waals surface area (Å²) < 4.78 is 0. The molecular weight excluding hydrogens is 126 g/mol. The van der Waals surface area contributed by atoms with E-state index in [0.29, 0.717) is 0 Å². The van der Waals surface area contributed by atoms with Crippen LogP contribution >= 0.6 is 0 Å². The first-order chi connectivity index (χ1) is 4.42. The van der Waals surface area contributed by atoms with Crippen molar-refractivity contribution in [3.63, 3.8) is 0 Å². The molecule has 0 bridgehead atoms. The minimum Gasteiger partial charge on any atom is -0.314 e. The first kappa shape index (κ1) is 9.88. The summed E-state index contributed by atoms with van der Waals surface area (Å²) in [7, 11) is 4.09. The summed E-state index contributed by atoms with van der Waals surface area (Å²) in [5.74, 6) is 0. The quantitative estimate of drug-likeness (QED) is 0.546. The first-order valence-corrected chi connectivity index (χ1v) is 3.64. The van der Waals surface area contributed by atoms with Crippen LogP contribution in [-0.2, 0) is 0 Å². The van der Waals surface area contributed by atoms with E-state index in [1.807, 2.05) is 21.0 Å². The van der Waals surface area contributed by atoms with E-state index in [2.05, 4.69) is 4.90 Å². The molecule has 0 aromatic rings. The van der Waals surface area contributed by atoms with Crippen molar-refractivity contribution >= 4 is 0 Å². The van der Waals surface area contributed by atoms with Crippen molar-refractivity contribution in [1.29, 1.82) is 0 Å². The number of nitrogens with zero attached hydrogens (tertiary/aromatic N) is 1. The molecule has 0 atom stereocenters. The summed E-state index contributed by atoms with van der Waals surface area (Å²) in [5, 5.41) is 0. The van der Waals surface area contributed by atoms with Gasteiger partial charge in [0.05, 0.1) is 5.66 Å². The molecule has 0 amide bonds. The van der Waals surface area contributed by atoms with Crippen LogP contribution in [0.25, 0.3) is 0 Å². The molecule has 0 spiro atoms. The number of rotatable bonds is 4. The molecule has 0 aliphatic rings. The maximum atomic E-state index is 5.58. The molecule has 0 unspecified atom stereocenters. The molecule has 0 fully saturated rings. The Bertz CT molecular complexity index is 83.3. The van der Waals surface area contributed by atoms with Crippen molar-refractivity contribution in [2.45, 2.75) is 25.4 Å². The van der Waals surface area contributed by atoms with Gasteiger partial charge < -0.3 is 16.4 Å². The second kappa shape index (κ2) is 3.91. The third kappa shape index (κ3) is 7.88. The first-order valence-electron chi connectivity index (χ1n) is 3.64. The molecule has 0 aromatic carbocycles. The lowest BCUT2D eigenvalue weighted by molar-refractivity contribution is 0.353. The zero-order valence-electron chi connectivity index (χ0n) is 7.22. The molecule has 3 nitrogen and oxygen atoms in total. The highest BCUT2D eigenvalue weighted by Gasteiger charge is 2.09. The molecular formula is C7H19N3. The van der Waals surface area contributed by atoms with Gasteiger partial charge in [-0.2, -0.15) is 0 Å². The Kier molecular flexibility index (Phi) is 3.86. The van der Waals surface area contributed by atoms with E-state index >= 15 is 0 Å². The lowest BCUT2D eigenvalue weighted by Gasteiger charge is -2.19. The minimum absolute atomic E-state index is 0.490. The number of hydrogen-bond acceptors (Lipinski definition) is 3. The van der Waals surface area contributed by atoms with Crippen LogP contribution in [0.3, 0.4) is 0 Å². The van der Waals surface area contributed by atoms with Gasteiger partial charge in [-0.1, -0.05) is 0 Å². The van der Waals surface area contributed by atoms with Crippen LogP contribution in [0.1, 0.15) is 19.8 Å². The summed E-state index contributed by atoms with van der Waals surface area (Å²) in [4.78, 5) is 2.13. The highest BCUT2D eigenvalue weighted by Crippen LogP contribution is 2.00. The third-order valence-corrected chi connectivity index (χ3v) is 1.32. The van der Waals surface area contributed by atoms with Crippen LogP contribution in [0.4, 0.5) is 0 Å². The standard InChI is InChI=1S/C7H19N3/c1-7(8,9)5-4-6-10(2)3/h4-6,8-9H2,1-3H3. The zero-order chi connectivity index (χ0) is 8.20. The van der Waals surface area contributed by atoms with Crippen molar-refractivity contribution < 1.29 is 0 Å². The molecule has 62 valence electrons. The Labute approximate surface area is 63.4 Å². The van der Waals surface area contributed by atoms with Crippen molar-refractivity contribution in [3.8, 4) is 0 Å². The van der Waals surface area contributed by atoms with Crippen LogP contribution in [0, 0.1) is 0 Å². The van der Waals surface area contributed by atoms with Crippen LogP contribution in [0.5, 0.6) is 0 Å². The average Bonchev–Trinajstić information content (AvgIpc) is 1.59. The fourth-order valence-electron chi connectivity index (χ4n) is 0.776. The fourth-order valence-corrected chi connectivity index (χ4v) is 0.776. The van der Waals surface area contributed by atoms with Gasteiger partial charge in [0.1, 0.15) is 0 Å². The van der Waals surface area contributed by atoms with Gasteiger partial charge >= 0.3 is 0 Å². The van der Waals surface area contributed by atoms with Gasteiger partial charge in [0.15, 0.2) is 0 Å². The number of hydrogen-bond donors (Lipinski definition) is 2. The largest absolute Gasteiger partial charge is 0.314 e. The monoisotopic (exact) mass is 145 g/mol. The van der Waals surface area contributed by atoms with Gasteiger partial charge in [-0.25, -0.2) is 0 Å². The normalized spacial score (nSPS) is 12.6. The predicted octanol–water partition coefficient (Wildman–Crippen LogP) is -0.0382. The van der Waals surface area contributed by atoms with Gasteiger partial charge in [0.2, 0.25) is 0 Å². The second-order valence-corrected chi connectivity index (χ2v) is 3.41. The Morgan fingerprint density at radius 2 is 1.80 bits per heavy atom. The molecule has 0 saturated heterocycles. The molecule has 0 aliphatic carbocycles. The fraction of sp³-hybridized carbons (Fsp3) is 1.00. The number of nitrogens with two attached hydrogens (primary N) is 2. The van der Waals surface area contributed by atoms with Gasteiger partial charge in [-0.15, -0.1) is 0 Å². The van der Waals surface area contributed by atoms with E-state index in [0.717, 1.165) is 19.4 Å². The van der Waals surface area contributed by atoms with E-state index < -0.39 is 5.66 Å². The van der Waals surface area contributed by atoms with Gasteiger partial charge in [-0.05, 0) is 40.4 Å². The Balaban J connectivity index is 3.21. The van der Waals surface area contributed by atoms with Crippen LogP contribution in [0.15, 0.2) is 0 Å². The highest BCUT2D eigenvalue weighted by molar-refractivity contribution is 4.69. The lowest BCUT2D eigenvalue weighted by Crippen LogP contribution is -2.46. The Hall–Kier alpha value is -0.120. The van der Waals surface area contributed by atoms with Crippen molar-refractivity contribution in [1.82, 2.24) is 4.90 Å². The van der Waals surface area contributed by atoms with Crippen molar-refractivity contribution in [3.05, 3.63) is 0 Å². The van der Waals surface area contributed by atoms with Gasteiger partial charge in [0.25, 0.3) is 0 Å². The smallest absolute Gasteiger partial charge is 0.0608 e. The molecule has 3 heteroatoms. The van der Waals surface area contributed by atoms with E-state index in [1.165, 1.54) is 0 Å². The van der Waals surface area contributed by atoms with E-state index in [1.54, 1.807) is 0 Å². The van der Waals surface area contributed by atoms with Crippen LogP contribution in [0.2, 0.25) is 0 Å². The van der Waals surface area contributed by atoms with Crippen LogP contribution < -0.4 is 11.5 Å². The highest BCUT2D eigenvalue weighted by atomic mass is 15.0. The second-order valence-electron chi connectivity index (χ2n) is 3.41. The van der Waals surface area contributed by atoms with Gasteiger partial charge in [0, 0.05) is 0 Å². The third-order valence-electron chi connectivity index (χ3n) is 1.32. The van der Waals surface area contributed by atoms with Gasteiger partial charge in [-0.3, -0.25) is 0 Å². The van der Waals surface area contributed by atoms with E-state index in [9.17, 15) is 0 Å². The molecule has 0 radical (unpaired) electrons. The van der Waals surface area contributed by atoms with Crippen molar-refractivity contribution in [2.75, 3.05) is 20.6 Å². The maximum absolute atomic E-state index is 5.58. The molecule has 10 heavy (non-hydrogen) atoms. The minimum atomic E-state index is -0.490. The van der Waals surface area contributed by atoms with Crippen LogP contribution in [-0.4, -0.2) is 31.2 Å². The average molecular weight is 145 g/mol. The Morgan fingerprint density at radius 1 is 1.30 bits per heavy atom. The summed E-state index contributed by atoms with van der Waals surface area (Å²) in [6, 6.07) is 0. The van der Waals surface area contributed by atoms with E-state index in [4.69, 9.17) is 11.5 Å². The van der Waals surface area contributed by atoms with Crippen molar-refractivity contribution in [2.24, 2.45) is 11.5 Å². The van der Waals surface area contributed by atoms with E-state index in [-0.39, 0.29) is 0 Å². The summed E-state index contributed by atoms with van der Waals surface area (Å²) in [6.45, 7) is 2.91. The molecule has 0 rings (SSSR count). The zero-order valence-corrected chi connectivity index (χ0v) is 7.22. The lowest BCUT2D eigenvalue weighted by atomic mass is 10.1. The topological polar surface area (TPSA) is 55.3 Å². The summed E-state index contributed by atoms with van der Waals surface area (Å²) >= 11 is 0. The molecule has 0 aliphatic heterocycles. The molecule has 0 saturated carbocycles. The molecule has 0 aromatic heterocycles. The predicted molar refractivity (Wildman–Crippen MR) is 44.6 cm³/mol. The summed E-state index contributed by atoms with van der Waals surface area (Å²) in [6.07, 6.45) is 1.95. The maximum Gasteiger partial charge on any atom is 0.0608 e. The summed E-state index contributed by atoms with van der Waals surface area (Å²) in [5.41, 5.74) is 10.7. The Morgan fingerprint density at radius 3 is 2.10 bits per heavy atom. The SMILES string of the molecule is CN(C)CCCC(C)(N)N. The molecule has 0 heterocycles. The molecule has 4 N–H and O–H groups in total.